The largest absolute Gasteiger partial charge is 0.381 e. The quantitative estimate of drug-likeness (QED) is 0.513. The van der Waals surface area contributed by atoms with Gasteiger partial charge in [-0.15, -0.1) is 0 Å². The molecule has 51 valence electrons. The van der Waals surface area contributed by atoms with E-state index in [0.29, 0.717) is 19.6 Å². The molecular formula is C6H9O3. The Balaban J connectivity index is 2.31. The van der Waals surface area contributed by atoms with Crippen LogP contribution in [-0.2, 0) is 14.6 Å². The van der Waals surface area contributed by atoms with E-state index in [0.717, 1.165) is 6.42 Å². The van der Waals surface area contributed by atoms with E-state index in [9.17, 15) is 9.90 Å². The van der Waals surface area contributed by atoms with Gasteiger partial charge in [0.1, 0.15) is 0 Å². The van der Waals surface area contributed by atoms with Gasteiger partial charge in [0, 0.05) is 6.61 Å². The van der Waals surface area contributed by atoms with Gasteiger partial charge in [0.05, 0.1) is 12.5 Å². The molecule has 1 atom stereocenters. The van der Waals surface area contributed by atoms with Crippen LogP contribution in [0.3, 0.4) is 0 Å². The van der Waals surface area contributed by atoms with Crippen LogP contribution in [0.25, 0.3) is 0 Å². The average Bonchev–Trinajstić information content (AvgIpc) is 1.90. The first-order valence-corrected chi connectivity index (χ1v) is 3.09. The van der Waals surface area contributed by atoms with Gasteiger partial charge < -0.3 is 4.74 Å². The molecule has 0 aromatic rings. The summed E-state index contributed by atoms with van der Waals surface area (Å²) in [5, 5.41) is 10.2. The summed E-state index contributed by atoms with van der Waals surface area (Å²) in [5.41, 5.74) is 0. The Bertz CT molecular complexity index is 105. The Morgan fingerprint density at radius 3 is 2.67 bits per heavy atom. The Hall–Kier alpha value is -0.570. The standard InChI is InChI=1S/C6H9O3/c7-6(8)5-2-1-3-9-4-5/h5H,1-4H2. The van der Waals surface area contributed by atoms with Gasteiger partial charge in [0.25, 0.3) is 0 Å². The van der Waals surface area contributed by atoms with Gasteiger partial charge in [-0.2, -0.15) is 0 Å². The van der Waals surface area contributed by atoms with E-state index in [-0.39, 0.29) is 5.92 Å². The molecule has 1 aliphatic heterocycles. The molecule has 1 rings (SSSR count). The summed E-state index contributed by atoms with van der Waals surface area (Å²) in [7, 11) is 0. The van der Waals surface area contributed by atoms with E-state index in [1.165, 1.54) is 0 Å². The van der Waals surface area contributed by atoms with E-state index in [1.54, 1.807) is 0 Å². The molecule has 3 nitrogen and oxygen atoms in total. The number of hydrogen-bond donors (Lipinski definition) is 0. The summed E-state index contributed by atoms with van der Waals surface area (Å²) in [6.45, 7) is 1.03. The number of ether oxygens (including phenoxy) is 1. The van der Waals surface area contributed by atoms with Crippen LogP contribution in [0.4, 0.5) is 0 Å². The normalized spacial score (nSPS) is 27.8. The molecule has 9 heavy (non-hydrogen) atoms. The van der Waals surface area contributed by atoms with E-state index < -0.39 is 5.97 Å². The minimum Gasteiger partial charge on any atom is -0.381 e. The van der Waals surface area contributed by atoms with Crippen LogP contribution in [0, 0.1) is 5.92 Å². The smallest absolute Gasteiger partial charge is 0.360 e. The van der Waals surface area contributed by atoms with E-state index in [4.69, 9.17) is 4.74 Å². The zero-order chi connectivity index (χ0) is 6.69. The lowest BCUT2D eigenvalue weighted by atomic mass is 10.0. The summed E-state index contributed by atoms with van der Waals surface area (Å²) in [6, 6.07) is 0. The first-order valence-electron chi connectivity index (χ1n) is 3.09. The zero-order valence-electron chi connectivity index (χ0n) is 5.13. The SMILES string of the molecule is [O]C(=O)C1CCCOC1. The number of carbonyl (C=O) groups excluding carboxylic acids is 1. The molecule has 1 unspecified atom stereocenters. The van der Waals surface area contributed by atoms with E-state index in [1.807, 2.05) is 0 Å². The molecule has 1 fully saturated rings. The molecule has 0 aliphatic carbocycles. The van der Waals surface area contributed by atoms with Gasteiger partial charge >= 0.3 is 5.97 Å². The molecule has 0 aromatic carbocycles. The van der Waals surface area contributed by atoms with Gasteiger partial charge in [0.2, 0.25) is 0 Å². The van der Waals surface area contributed by atoms with Crippen molar-refractivity contribution in [1.82, 2.24) is 0 Å². The van der Waals surface area contributed by atoms with Crippen molar-refractivity contribution in [3.63, 3.8) is 0 Å². The van der Waals surface area contributed by atoms with Crippen LogP contribution in [0.1, 0.15) is 12.8 Å². The molecule has 0 amide bonds. The lowest BCUT2D eigenvalue weighted by molar-refractivity contribution is -0.152. The number of rotatable bonds is 1. The van der Waals surface area contributed by atoms with Crippen LogP contribution < -0.4 is 0 Å². The third kappa shape index (κ3) is 1.68. The van der Waals surface area contributed by atoms with Gasteiger partial charge in [-0.05, 0) is 12.8 Å². The van der Waals surface area contributed by atoms with Crippen molar-refractivity contribution in [2.24, 2.45) is 5.92 Å². The highest BCUT2D eigenvalue weighted by Crippen LogP contribution is 2.12. The van der Waals surface area contributed by atoms with Crippen molar-refractivity contribution >= 4 is 5.97 Å². The monoisotopic (exact) mass is 129 g/mol. The highest BCUT2D eigenvalue weighted by Gasteiger charge is 2.21. The molecule has 0 bridgehead atoms. The maximum atomic E-state index is 10.2. The molecule has 0 spiro atoms. The van der Waals surface area contributed by atoms with Crippen molar-refractivity contribution in [2.45, 2.75) is 12.8 Å². The zero-order valence-corrected chi connectivity index (χ0v) is 5.13. The lowest BCUT2D eigenvalue weighted by Gasteiger charge is -2.16. The molecule has 1 radical (unpaired) electrons. The molecule has 0 aromatic heterocycles. The topological polar surface area (TPSA) is 46.2 Å². The highest BCUT2D eigenvalue weighted by atomic mass is 16.5. The minimum atomic E-state index is -0.977. The molecule has 0 saturated carbocycles. The predicted molar refractivity (Wildman–Crippen MR) is 29.2 cm³/mol. The van der Waals surface area contributed by atoms with Crippen molar-refractivity contribution < 1.29 is 14.6 Å². The van der Waals surface area contributed by atoms with Gasteiger partial charge in [-0.25, -0.2) is 9.90 Å². The summed E-state index contributed by atoms with van der Waals surface area (Å²) in [5.74, 6) is -1.34. The van der Waals surface area contributed by atoms with Crippen molar-refractivity contribution in [2.75, 3.05) is 13.2 Å². The summed E-state index contributed by atoms with van der Waals surface area (Å²) in [6.07, 6.45) is 1.56. The second kappa shape index (κ2) is 2.82. The summed E-state index contributed by atoms with van der Waals surface area (Å²) in [4.78, 5) is 10.2. The Kier molecular flexibility index (Phi) is 2.05. The first kappa shape index (κ1) is 6.55. The maximum Gasteiger partial charge on any atom is 0.360 e. The summed E-state index contributed by atoms with van der Waals surface area (Å²) < 4.78 is 4.92. The summed E-state index contributed by atoms with van der Waals surface area (Å²) >= 11 is 0. The van der Waals surface area contributed by atoms with Crippen molar-refractivity contribution in [3.05, 3.63) is 0 Å². The number of carbonyl (C=O) groups is 1. The van der Waals surface area contributed by atoms with Gasteiger partial charge in [-0.3, -0.25) is 0 Å². The van der Waals surface area contributed by atoms with Gasteiger partial charge in [-0.1, -0.05) is 0 Å². The van der Waals surface area contributed by atoms with Crippen LogP contribution in [0.2, 0.25) is 0 Å². The van der Waals surface area contributed by atoms with Crippen LogP contribution in [-0.4, -0.2) is 19.2 Å². The average molecular weight is 129 g/mol. The molecule has 0 N–H and O–H groups in total. The highest BCUT2D eigenvalue weighted by molar-refractivity contribution is 5.69. The second-order valence-electron chi connectivity index (χ2n) is 2.23. The third-order valence-corrected chi connectivity index (χ3v) is 1.49. The minimum absolute atomic E-state index is 0.336. The van der Waals surface area contributed by atoms with Crippen LogP contribution in [0.15, 0.2) is 0 Å². The Labute approximate surface area is 53.6 Å². The fourth-order valence-electron chi connectivity index (χ4n) is 0.927. The van der Waals surface area contributed by atoms with Crippen LogP contribution in [0.5, 0.6) is 0 Å². The fourth-order valence-corrected chi connectivity index (χ4v) is 0.927. The molecule has 1 saturated heterocycles. The molecule has 3 heteroatoms. The van der Waals surface area contributed by atoms with Gasteiger partial charge in [0.15, 0.2) is 0 Å². The van der Waals surface area contributed by atoms with Crippen LogP contribution >= 0.6 is 0 Å². The number of hydrogen-bond acceptors (Lipinski definition) is 2. The fraction of sp³-hybridized carbons (Fsp3) is 0.833. The van der Waals surface area contributed by atoms with Crippen molar-refractivity contribution in [3.8, 4) is 0 Å². The van der Waals surface area contributed by atoms with Crippen molar-refractivity contribution in [1.29, 1.82) is 0 Å². The second-order valence-corrected chi connectivity index (χ2v) is 2.23. The van der Waals surface area contributed by atoms with E-state index in [2.05, 4.69) is 0 Å². The molecular weight excluding hydrogens is 120 g/mol. The third-order valence-electron chi connectivity index (χ3n) is 1.49. The van der Waals surface area contributed by atoms with E-state index >= 15 is 0 Å². The molecule has 1 aliphatic rings. The maximum absolute atomic E-state index is 10.2. The Morgan fingerprint density at radius 1 is 1.56 bits per heavy atom. The first-order chi connectivity index (χ1) is 4.30. The lowest BCUT2D eigenvalue weighted by Crippen LogP contribution is -2.23. The Morgan fingerprint density at radius 2 is 2.33 bits per heavy atom. The predicted octanol–water partition coefficient (Wildman–Crippen LogP) is 0.370. The molecule has 1 heterocycles.